The van der Waals surface area contributed by atoms with Crippen molar-refractivity contribution in [3.05, 3.63) is 102 Å². The van der Waals surface area contributed by atoms with Crippen LogP contribution in [0.4, 0.5) is 0 Å². The van der Waals surface area contributed by atoms with E-state index in [4.69, 9.17) is 28.7 Å². The molecule has 5 aromatic rings. The van der Waals surface area contributed by atoms with E-state index < -0.39 is 96.6 Å². The van der Waals surface area contributed by atoms with Crippen LogP contribution < -0.4 is 65.9 Å². The number of primary amides is 1. The molecule has 2 aromatic heterocycles. The first kappa shape index (κ1) is 57.5. The quantitative estimate of drug-likeness (QED) is 0.0140. The standard InChI is InChI=1S/C51H70N16O8/c1-29(2)44(45(54)70)67-43(69)27-60-47(72)38(17-7-8-19-52)63-42(68)26-61-48(73)40(22-32-24-59-37-16-6-5-15-35(32)37)66-49(74)39(18-10-20-58-51(55)56)64-50(75)41(65-46(71)36(53)23-33-25-57-28-62-33)21-31-13-9-12-30-11-3-4-14-34(30)31/h3-6,9,11-16,24-25,28-29,36,38-41,44,59H,7-8,10,17-23,26-27,52-53H2,1-2H3,(H2,54,70)(H,57,62)(H,60,72)(H,61,73)(H,63,68)(H,64,75)(H,65,71)(H,66,74)(H,67,69)(H4,55,56,58)/t36-,38-,39-,40-,41-,44-/m0/s1. The molecule has 402 valence electrons. The SMILES string of the molecule is CC(C)[C@H](NC(=O)CNC(=O)[C@H](CCCCN)NC(=O)CNC(=O)[C@H](Cc1c[nH]c2ccccc12)NC(=O)[C@H](CCCN=C(N)N)NC(=O)[C@H](Cc1cccc2ccccc12)NC(=O)[C@@H](N)Cc1cnc[nH]1)C(N)=O. The molecule has 0 fully saturated rings. The molecule has 24 nitrogen and oxygen atoms in total. The smallest absolute Gasteiger partial charge is 0.243 e. The first-order valence-corrected chi connectivity index (χ1v) is 24.8. The lowest BCUT2D eigenvalue weighted by molar-refractivity contribution is -0.134. The van der Waals surface area contributed by atoms with Crippen molar-refractivity contribution in [1.82, 2.24) is 52.2 Å². The van der Waals surface area contributed by atoms with E-state index in [0.717, 1.165) is 27.2 Å². The van der Waals surface area contributed by atoms with Crippen LogP contribution in [0.1, 0.15) is 62.8 Å². The van der Waals surface area contributed by atoms with E-state index in [1.54, 1.807) is 20.0 Å². The number of unbranched alkanes of at least 4 members (excludes halogenated alkanes) is 1. The summed E-state index contributed by atoms with van der Waals surface area (Å²) in [6.45, 7) is 2.65. The van der Waals surface area contributed by atoms with Gasteiger partial charge in [0.25, 0.3) is 0 Å². The molecule has 0 bridgehead atoms. The van der Waals surface area contributed by atoms with Crippen molar-refractivity contribution in [3.63, 3.8) is 0 Å². The van der Waals surface area contributed by atoms with Gasteiger partial charge in [-0.05, 0) is 72.5 Å². The molecule has 75 heavy (non-hydrogen) atoms. The highest BCUT2D eigenvalue weighted by molar-refractivity contribution is 5.97. The van der Waals surface area contributed by atoms with Gasteiger partial charge in [-0.1, -0.05) is 74.5 Å². The third-order valence-corrected chi connectivity index (χ3v) is 12.3. The van der Waals surface area contributed by atoms with Gasteiger partial charge in [0.05, 0.1) is 25.5 Å². The number of H-pyrrole nitrogens is 2. The van der Waals surface area contributed by atoms with Crippen molar-refractivity contribution >= 4 is 74.9 Å². The minimum absolute atomic E-state index is 0.00620. The Balaban J connectivity index is 1.36. The number of imidazole rings is 1. The Labute approximate surface area is 433 Å². The topological polar surface area (TPSA) is 408 Å². The highest BCUT2D eigenvalue weighted by atomic mass is 16.2. The van der Waals surface area contributed by atoms with Crippen molar-refractivity contribution in [2.24, 2.45) is 39.6 Å². The largest absolute Gasteiger partial charge is 0.370 e. The summed E-state index contributed by atoms with van der Waals surface area (Å²) in [4.78, 5) is 122. The van der Waals surface area contributed by atoms with E-state index in [1.807, 2.05) is 66.7 Å². The van der Waals surface area contributed by atoms with Crippen LogP contribution in [0.15, 0.2) is 90.4 Å². The van der Waals surface area contributed by atoms with Gasteiger partial charge in [0.2, 0.25) is 47.3 Å². The van der Waals surface area contributed by atoms with Gasteiger partial charge in [-0.3, -0.25) is 43.3 Å². The van der Waals surface area contributed by atoms with E-state index in [0.29, 0.717) is 30.6 Å². The Morgan fingerprint density at radius 3 is 1.88 bits per heavy atom. The highest BCUT2D eigenvalue weighted by Gasteiger charge is 2.32. The fraction of sp³-hybridized carbons (Fsp3) is 0.412. The molecule has 24 heteroatoms. The molecule has 0 aliphatic rings. The van der Waals surface area contributed by atoms with Crippen molar-refractivity contribution in [1.29, 1.82) is 0 Å². The third kappa shape index (κ3) is 18.0. The van der Waals surface area contributed by atoms with Crippen molar-refractivity contribution < 1.29 is 38.4 Å². The Morgan fingerprint density at radius 2 is 1.20 bits per heavy atom. The molecule has 0 saturated heterocycles. The molecule has 0 aliphatic carbocycles. The molecule has 2 heterocycles. The molecule has 0 saturated carbocycles. The summed E-state index contributed by atoms with van der Waals surface area (Å²) >= 11 is 0. The van der Waals surface area contributed by atoms with E-state index >= 15 is 0 Å². The average Bonchev–Trinajstić information content (AvgIpc) is 4.06. The van der Waals surface area contributed by atoms with E-state index in [-0.39, 0.29) is 56.9 Å². The summed E-state index contributed by atoms with van der Waals surface area (Å²) in [6, 6.07) is 13.4. The Bertz CT molecular complexity index is 2770. The lowest BCUT2D eigenvalue weighted by Gasteiger charge is -2.26. The first-order chi connectivity index (χ1) is 35.9. The molecule has 0 aliphatic heterocycles. The number of fused-ring (bicyclic) bond motifs is 2. The molecule has 0 radical (unpaired) electrons. The van der Waals surface area contributed by atoms with E-state index in [9.17, 15) is 38.4 Å². The number of nitrogens with one attached hydrogen (secondary N) is 9. The number of aromatic nitrogens is 3. The number of carbonyl (C=O) groups excluding carboxylic acids is 8. The van der Waals surface area contributed by atoms with Gasteiger partial charge in [0.1, 0.15) is 30.2 Å². The van der Waals surface area contributed by atoms with E-state index in [2.05, 4.69) is 57.2 Å². The number of hydrogen-bond donors (Lipinski definition) is 14. The molecular formula is C51H70N16O8. The summed E-state index contributed by atoms with van der Waals surface area (Å²) in [5, 5.41) is 21.0. The number of nitrogens with two attached hydrogens (primary N) is 5. The normalized spacial score (nSPS) is 13.6. The highest BCUT2D eigenvalue weighted by Crippen LogP contribution is 2.22. The van der Waals surface area contributed by atoms with Crippen LogP contribution in [-0.2, 0) is 57.6 Å². The minimum atomic E-state index is -1.34. The predicted octanol–water partition coefficient (Wildman–Crippen LogP) is -1.62. The number of carbonyl (C=O) groups is 8. The molecule has 19 N–H and O–H groups in total. The summed E-state index contributed by atoms with van der Waals surface area (Å²) in [5.41, 5.74) is 31.3. The Morgan fingerprint density at radius 1 is 0.613 bits per heavy atom. The molecule has 3 aromatic carbocycles. The second-order valence-electron chi connectivity index (χ2n) is 18.5. The van der Waals surface area contributed by atoms with Gasteiger partial charge >= 0.3 is 0 Å². The minimum Gasteiger partial charge on any atom is -0.370 e. The monoisotopic (exact) mass is 1030 g/mol. The zero-order chi connectivity index (χ0) is 54.4. The van der Waals surface area contributed by atoms with Gasteiger partial charge in [-0.15, -0.1) is 0 Å². The maximum atomic E-state index is 14.6. The van der Waals surface area contributed by atoms with Crippen LogP contribution in [0.3, 0.4) is 0 Å². The summed E-state index contributed by atoms with van der Waals surface area (Å²) in [5.74, 6) is -6.29. The van der Waals surface area contributed by atoms with Gasteiger partial charge < -0.3 is 75.9 Å². The second kappa shape index (κ2) is 28.8. The molecule has 8 amide bonds. The van der Waals surface area contributed by atoms with E-state index in [1.165, 1.54) is 12.5 Å². The number of rotatable bonds is 30. The van der Waals surface area contributed by atoms with Crippen molar-refractivity contribution in [2.75, 3.05) is 26.2 Å². The van der Waals surface area contributed by atoms with Crippen LogP contribution >= 0.6 is 0 Å². The number of aromatic amines is 2. The maximum absolute atomic E-state index is 14.6. The third-order valence-electron chi connectivity index (χ3n) is 12.3. The number of guanidine groups is 1. The Hall–Kier alpha value is -8.38. The molecule has 5 rings (SSSR count). The molecular weight excluding hydrogens is 965 g/mol. The van der Waals surface area contributed by atoms with Gasteiger partial charge in [-0.25, -0.2) is 4.98 Å². The van der Waals surface area contributed by atoms with Gasteiger partial charge in [0.15, 0.2) is 5.96 Å². The molecule has 0 spiro atoms. The first-order valence-electron chi connectivity index (χ1n) is 24.8. The number of amides is 8. The summed E-state index contributed by atoms with van der Waals surface area (Å²) in [7, 11) is 0. The fourth-order valence-electron chi connectivity index (χ4n) is 8.33. The number of aliphatic imine (C=N–C) groups is 1. The van der Waals surface area contributed by atoms with Crippen LogP contribution in [0.2, 0.25) is 0 Å². The zero-order valence-corrected chi connectivity index (χ0v) is 42.2. The lowest BCUT2D eigenvalue weighted by atomic mass is 9.97. The van der Waals surface area contributed by atoms with Gasteiger partial charge in [0, 0.05) is 54.8 Å². The lowest BCUT2D eigenvalue weighted by Crippen LogP contribution is -2.59. The Kier molecular flexibility index (Phi) is 22.1. The summed E-state index contributed by atoms with van der Waals surface area (Å²) in [6.07, 6.45) is 5.98. The molecule has 6 atom stereocenters. The average molecular weight is 1040 g/mol. The zero-order valence-electron chi connectivity index (χ0n) is 42.2. The second-order valence-corrected chi connectivity index (χ2v) is 18.5. The number of para-hydroxylation sites is 1. The van der Waals surface area contributed by atoms with Crippen molar-refractivity contribution in [2.45, 2.75) is 101 Å². The summed E-state index contributed by atoms with van der Waals surface area (Å²) < 4.78 is 0. The van der Waals surface area contributed by atoms with Crippen LogP contribution in [0, 0.1) is 5.92 Å². The maximum Gasteiger partial charge on any atom is 0.243 e. The van der Waals surface area contributed by atoms with Gasteiger partial charge in [-0.2, -0.15) is 0 Å². The number of hydrogen-bond acceptors (Lipinski definition) is 12. The molecule has 0 unspecified atom stereocenters. The van der Waals surface area contributed by atoms with Crippen molar-refractivity contribution in [3.8, 4) is 0 Å². The van der Waals surface area contributed by atoms with Crippen LogP contribution in [0.25, 0.3) is 21.7 Å². The van der Waals surface area contributed by atoms with Crippen LogP contribution in [0.5, 0.6) is 0 Å². The predicted molar refractivity (Wildman–Crippen MR) is 282 cm³/mol. The van der Waals surface area contributed by atoms with Crippen LogP contribution in [-0.4, -0.2) is 131 Å². The number of benzene rings is 3. The fourth-order valence-corrected chi connectivity index (χ4v) is 8.33. The number of nitrogens with zero attached hydrogens (tertiary/aromatic N) is 2.